The van der Waals surface area contributed by atoms with Crippen molar-refractivity contribution in [2.24, 2.45) is 5.73 Å². The Morgan fingerprint density at radius 1 is 1.50 bits per heavy atom. The zero-order valence-corrected chi connectivity index (χ0v) is 6.33. The molecule has 5 heteroatoms. The fourth-order valence-electron chi connectivity index (χ4n) is 0.739. The van der Waals surface area contributed by atoms with Gasteiger partial charge in [0.1, 0.15) is 0 Å². The number of hydrogen-bond donors (Lipinski definition) is 3. The zero-order valence-electron chi connectivity index (χ0n) is 6.33. The van der Waals surface area contributed by atoms with Crippen LogP contribution in [0.1, 0.15) is 5.56 Å². The number of rotatable bonds is 2. The number of nitrogens with one attached hydrogen (secondary N) is 2. The predicted molar refractivity (Wildman–Crippen MR) is 45.8 cm³/mol. The van der Waals surface area contributed by atoms with Gasteiger partial charge in [0.25, 0.3) is 5.56 Å². The largest absolute Gasteiger partial charge is 0.327 e. The number of aromatic nitrogens is 2. The maximum atomic E-state index is 11.0. The monoisotopic (exact) mass is 167 g/mol. The summed E-state index contributed by atoms with van der Waals surface area (Å²) in [5, 5.41) is 0. The van der Waals surface area contributed by atoms with Crippen molar-refractivity contribution in [3.05, 3.63) is 38.7 Å². The van der Waals surface area contributed by atoms with E-state index >= 15 is 0 Å². The second-order valence-corrected chi connectivity index (χ2v) is 2.17. The van der Waals surface area contributed by atoms with Gasteiger partial charge < -0.3 is 10.7 Å². The summed E-state index contributed by atoms with van der Waals surface area (Å²) < 4.78 is 0. The molecule has 0 aromatic carbocycles. The van der Waals surface area contributed by atoms with E-state index in [9.17, 15) is 9.59 Å². The molecular formula is C7H9N3O2. The normalized spacial score (nSPS) is 10.8. The van der Waals surface area contributed by atoms with Gasteiger partial charge in [0.05, 0.1) is 5.56 Å². The van der Waals surface area contributed by atoms with Crippen LogP contribution in [0.25, 0.3) is 6.08 Å². The third-order valence-corrected chi connectivity index (χ3v) is 1.28. The van der Waals surface area contributed by atoms with Crippen molar-refractivity contribution in [2.45, 2.75) is 0 Å². The maximum absolute atomic E-state index is 11.0. The van der Waals surface area contributed by atoms with E-state index in [1.807, 2.05) is 0 Å². The molecule has 0 aliphatic carbocycles. The molecule has 0 saturated heterocycles. The first kappa shape index (κ1) is 8.48. The molecule has 5 nitrogen and oxygen atoms in total. The number of hydrogen-bond acceptors (Lipinski definition) is 3. The summed E-state index contributed by atoms with van der Waals surface area (Å²) in [4.78, 5) is 26.0. The summed E-state index contributed by atoms with van der Waals surface area (Å²) in [6.07, 6.45) is 4.52. The first-order valence-electron chi connectivity index (χ1n) is 3.42. The van der Waals surface area contributed by atoms with Gasteiger partial charge in [-0.25, -0.2) is 4.79 Å². The van der Waals surface area contributed by atoms with Gasteiger partial charge in [0.15, 0.2) is 0 Å². The van der Waals surface area contributed by atoms with Crippen LogP contribution in [0, 0.1) is 0 Å². The lowest BCUT2D eigenvalue weighted by Gasteiger charge is -1.88. The van der Waals surface area contributed by atoms with Crippen LogP contribution in [0.2, 0.25) is 0 Å². The molecule has 1 heterocycles. The minimum atomic E-state index is -0.509. The zero-order chi connectivity index (χ0) is 8.97. The Hall–Kier alpha value is -1.62. The van der Waals surface area contributed by atoms with E-state index < -0.39 is 11.2 Å². The fourth-order valence-corrected chi connectivity index (χ4v) is 0.739. The molecule has 0 radical (unpaired) electrons. The molecule has 0 atom stereocenters. The Kier molecular flexibility index (Phi) is 2.60. The molecule has 0 amide bonds. The van der Waals surface area contributed by atoms with Crippen molar-refractivity contribution in [3.8, 4) is 0 Å². The van der Waals surface area contributed by atoms with E-state index in [0.717, 1.165) is 0 Å². The van der Waals surface area contributed by atoms with Gasteiger partial charge in [-0.05, 0) is 0 Å². The van der Waals surface area contributed by atoms with Crippen LogP contribution in [0.15, 0.2) is 21.9 Å². The van der Waals surface area contributed by atoms with Crippen molar-refractivity contribution in [3.63, 3.8) is 0 Å². The average molecular weight is 167 g/mol. The molecule has 64 valence electrons. The third-order valence-electron chi connectivity index (χ3n) is 1.28. The molecule has 0 aliphatic heterocycles. The van der Waals surface area contributed by atoms with Gasteiger partial charge in [-0.2, -0.15) is 0 Å². The smallest absolute Gasteiger partial charge is 0.325 e. The maximum Gasteiger partial charge on any atom is 0.325 e. The molecule has 0 unspecified atom stereocenters. The van der Waals surface area contributed by atoms with E-state index in [4.69, 9.17) is 5.73 Å². The van der Waals surface area contributed by atoms with Gasteiger partial charge in [0, 0.05) is 12.7 Å². The molecule has 1 aromatic rings. The molecule has 0 saturated carbocycles. The second kappa shape index (κ2) is 3.68. The third kappa shape index (κ3) is 1.93. The van der Waals surface area contributed by atoms with Crippen molar-refractivity contribution in [1.29, 1.82) is 0 Å². The van der Waals surface area contributed by atoms with Crippen LogP contribution in [0.5, 0.6) is 0 Å². The summed E-state index contributed by atoms with van der Waals surface area (Å²) in [5.41, 5.74) is 4.65. The summed E-state index contributed by atoms with van der Waals surface area (Å²) in [6, 6.07) is 0. The Bertz CT molecular complexity index is 388. The predicted octanol–water partition coefficient (Wildman–Crippen LogP) is -0.965. The first-order chi connectivity index (χ1) is 5.74. The minimum Gasteiger partial charge on any atom is -0.327 e. The number of nitrogens with two attached hydrogens (primary N) is 1. The van der Waals surface area contributed by atoms with E-state index in [-0.39, 0.29) is 0 Å². The highest BCUT2D eigenvalue weighted by Gasteiger charge is 1.92. The topological polar surface area (TPSA) is 91.7 Å². The minimum absolute atomic E-state index is 0.360. The summed E-state index contributed by atoms with van der Waals surface area (Å²) in [6.45, 7) is 0.360. The molecular weight excluding hydrogens is 158 g/mol. The summed E-state index contributed by atoms with van der Waals surface area (Å²) >= 11 is 0. The van der Waals surface area contributed by atoms with Crippen LogP contribution in [0.3, 0.4) is 0 Å². The van der Waals surface area contributed by atoms with Crippen LogP contribution in [0.4, 0.5) is 0 Å². The fraction of sp³-hybridized carbons (Fsp3) is 0.143. The van der Waals surface area contributed by atoms with Crippen molar-refractivity contribution < 1.29 is 0 Å². The van der Waals surface area contributed by atoms with Crippen molar-refractivity contribution in [1.82, 2.24) is 9.97 Å². The lowest BCUT2D eigenvalue weighted by atomic mass is 10.3. The molecule has 0 spiro atoms. The molecule has 12 heavy (non-hydrogen) atoms. The lowest BCUT2D eigenvalue weighted by molar-refractivity contribution is 1.03. The first-order valence-corrected chi connectivity index (χ1v) is 3.42. The Morgan fingerprint density at radius 2 is 2.25 bits per heavy atom. The van der Waals surface area contributed by atoms with Gasteiger partial charge in [-0.1, -0.05) is 12.2 Å². The highest BCUT2D eigenvalue weighted by atomic mass is 16.2. The molecule has 1 rings (SSSR count). The molecule has 0 bridgehead atoms. The van der Waals surface area contributed by atoms with E-state index in [1.54, 1.807) is 12.2 Å². The van der Waals surface area contributed by atoms with Gasteiger partial charge >= 0.3 is 5.69 Å². The van der Waals surface area contributed by atoms with Gasteiger partial charge in [0.2, 0.25) is 0 Å². The van der Waals surface area contributed by atoms with Crippen molar-refractivity contribution in [2.75, 3.05) is 6.54 Å². The Morgan fingerprint density at radius 3 is 2.83 bits per heavy atom. The second-order valence-electron chi connectivity index (χ2n) is 2.17. The van der Waals surface area contributed by atoms with Crippen LogP contribution in [-0.4, -0.2) is 16.5 Å². The number of H-pyrrole nitrogens is 2. The average Bonchev–Trinajstić information content (AvgIpc) is 2.03. The lowest BCUT2D eigenvalue weighted by Crippen LogP contribution is -2.22. The highest BCUT2D eigenvalue weighted by Crippen LogP contribution is 1.86. The van der Waals surface area contributed by atoms with E-state index in [0.29, 0.717) is 12.1 Å². The van der Waals surface area contributed by atoms with Crippen LogP contribution >= 0.6 is 0 Å². The van der Waals surface area contributed by atoms with E-state index in [2.05, 4.69) is 9.97 Å². The SMILES string of the molecule is NCC=Cc1c[nH]c(=O)[nH]c1=O. The van der Waals surface area contributed by atoms with Crippen LogP contribution < -0.4 is 17.0 Å². The summed E-state index contributed by atoms with van der Waals surface area (Å²) in [5.74, 6) is 0. The Labute approximate surface area is 67.9 Å². The molecule has 0 aliphatic rings. The quantitative estimate of drug-likeness (QED) is 0.529. The van der Waals surface area contributed by atoms with E-state index in [1.165, 1.54) is 6.20 Å². The highest BCUT2D eigenvalue weighted by molar-refractivity contribution is 5.46. The van der Waals surface area contributed by atoms with Crippen LogP contribution in [-0.2, 0) is 0 Å². The van der Waals surface area contributed by atoms with Crippen molar-refractivity contribution >= 4 is 6.08 Å². The molecule has 4 N–H and O–H groups in total. The van der Waals surface area contributed by atoms with Gasteiger partial charge in [-0.15, -0.1) is 0 Å². The molecule has 1 aromatic heterocycles. The standard InChI is InChI=1S/C7H9N3O2/c8-3-1-2-5-4-9-7(12)10-6(5)11/h1-2,4H,3,8H2,(H2,9,10,11,12). The number of aromatic amines is 2. The van der Waals surface area contributed by atoms with Gasteiger partial charge in [-0.3, -0.25) is 9.78 Å². The summed E-state index contributed by atoms with van der Waals surface area (Å²) in [7, 11) is 0. The molecule has 0 fully saturated rings. The Balaban J connectivity index is 3.11.